The fourth-order valence-electron chi connectivity index (χ4n) is 2.28. The zero-order valence-electron chi connectivity index (χ0n) is 10.7. The van der Waals surface area contributed by atoms with Crippen molar-refractivity contribution in [1.29, 1.82) is 0 Å². The lowest BCUT2D eigenvalue weighted by atomic mass is 10.2. The number of hydrogen-bond acceptors (Lipinski definition) is 5. The van der Waals surface area contributed by atoms with Crippen LogP contribution in [0.4, 0.5) is 11.4 Å². The molecule has 6 heteroatoms. The first-order valence-corrected chi connectivity index (χ1v) is 7.97. The van der Waals surface area contributed by atoms with Crippen LogP contribution >= 0.6 is 27.3 Å². The average molecular weight is 357 g/mol. The van der Waals surface area contributed by atoms with E-state index in [4.69, 9.17) is 0 Å². The Balaban J connectivity index is 1.97. The predicted molar refractivity (Wildman–Crippen MR) is 90.1 cm³/mol. The van der Waals surface area contributed by atoms with Gasteiger partial charge in [0.1, 0.15) is 11.8 Å². The van der Waals surface area contributed by atoms with Crippen LogP contribution in [0.5, 0.6) is 0 Å². The van der Waals surface area contributed by atoms with Gasteiger partial charge in [0.25, 0.3) is 0 Å². The van der Waals surface area contributed by atoms with Crippen molar-refractivity contribution >= 4 is 59.8 Å². The smallest absolute Gasteiger partial charge is 0.116 e. The summed E-state index contributed by atoms with van der Waals surface area (Å²) in [5.74, 6) is 0. The van der Waals surface area contributed by atoms with E-state index in [1.165, 1.54) is 0 Å². The largest absolute Gasteiger partial charge is 0.352 e. The highest BCUT2D eigenvalue weighted by atomic mass is 79.9. The van der Waals surface area contributed by atoms with Crippen LogP contribution in [0, 0.1) is 0 Å². The van der Waals surface area contributed by atoms with E-state index in [1.807, 2.05) is 36.0 Å². The molecule has 0 atom stereocenters. The molecule has 0 spiro atoms. The van der Waals surface area contributed by atoms with Crippen LogP contribution in [-0.4, -0.2) is 15.0 Å². The molecule has 2 aromatic carbocycles. The molecular weight excluding hydrogens is 348 g/mol. The second kappa shape index (κ2) is 5.05. The summed E-state index contributed by atoms with van der Waals surface area (Å²) in [7, 11) is 0. The van der Waals surface area contributed by atoms with E-state index in [1.54, 1.807) is 17.7 Å². The Bertz CT molecular complexity index is 951. The fourth-order valence-corrected chi connectivity index (χ4v) is 3.41. The molecule has 4 nitrogen and oxygen atoms in total. The Morgan fingerprint density at radius 1 is 1.10 bits per heavy atom. The average Bonchev–Trinajstić information content (AvgIpc) is 2.95. The molecule has 4 aromatic rings. The fraction of sp³-hybridized carbons (Fsp3) is 0. The number of halogens is 1. The number of thiazole rings is 1. The van der Waals surface area contributed by atoms with Gasteiger partial charge < -0.3 is 5.32 Å². The third-order valence-electron chi connectivity index (χ3n) is 3.19. The van der Waals surface area contributed by atoms with Gasteiger partial charge in [-0.2, -0.15) is 0 Å². The summed E-state index contributed by atoms with van der Waals surface area (Å²) in [6.45, 7) is 0. The lowest BCUT2D eigenvalue weighted by Gasteiger charge is -2.10. The Morgan fingerprint density at radius 2 is 2.05 bits per heavy atom. The molecule has 21 heavy (non-hydrogen) atoms. The maximum Gasteiger partial charge on any atom is 0.116 e. The molecule has 0 amide bonds. The van der Waals surface area contributed by atoms with Crippen LogP contribution < -0.4 is 5.32 Å². The van der Waals surface area contributed by atoms with Gasteiger partial charge in [0.2, 0.25) is 0 Å². The van der Waals surface area contributed by atoms with E-state index in [2.05, 4.69) is 42.3 Å². The van der Waals surface area contributed by atoms with Crippen LogP contribution in [-0.2, 0) is 0 Å². The summed E-state index contributed by atoms with van der Waals surface area (Å²) in [5, 5.41) is 4.45. The number of nitrogens with zero attached hydrogens (tertiary/aromatic N) is 3. The van der Waals surface area contributed by atoms with Gasteiger partial charge in [0, 0.05) is 21.7 Å². The van der Waals surface area contributed by atoms with Crippen molar-refractivity contribution < 1.29 is 0 Å². The first-order chi connectivity index (χ1) is 10.3. The van der Waals surface area contributed by atoms with Gasteiger partial charge in [-0.25, -0.2) is 15.0 Å². The molecule has 2 heterocycles. The Kier molecular flexibility index (Phi) is 3.05. The molecular formula is C15H9BrN4S. The quantitative estimate of drug-likeness (QED) is 0.563. The number of benzene rings is 2. The first-order valence-electron chi connectivity index (χ1n) is 6.30. The van der Waals surface area contributed by atoms with Crippen molar-refractivity contribution in [2.24, 2.45) is 0 Å². The lowest BCUT2D eigenvalue weighted by molar-refractivity contribution is 1.22. The number of fused-ring (bicyclic) bond motifs is 2. The van der Waals surface area contributed by atoms with E-state index >= 15 is 0 Å². The highest BCUT2D eigenvalue weighted by Gasteiger charge is 2.11. The minimum atomic E-state index is 0.878. The van der Waals surface area contributed by atoms with Crippen LogP contribution in [0.15, 0.2) is 52.8 Å². The first kappa shape index (κ1) is 12.7. The SMILES string of the molecule is Brc1cccc(Nc2c3ncncc3cc3scnc23)c1. The van der Waals surface area contributed by atoms with Crippen LogP contribution in [0.3, 0.4) is 0 Å². The Hall–Kier alpha value is -2.05. The maximum absolute atomic E-state index is 4.47. The molecule has 0 fully saturated rings. The molecule has 1 N–H and O–H groups in total. The molecule has 2 aromatic heterocycles. The van der Waals surface area contributed by atoms with Gasteiger partial charge in [-0.3, -0.25) is 0 Å². The topological polar surface area (TPSA) is 50.7 Å². The minimum absolute atomic E-state index is 0.878. The highest BCUT2D eigenvalue weighted by Crippen LogP contribution is 2.34. The van der Waals surface area contributed by atoms with Crippen molar-refractivity contribution in [1.82, 2.24) is 15.0 Å². The van der Waals surface area contributed by atoms with Gasteiger partial charge in [-0.15, -0.1) is 11.3 Å². The molecule has 4 rings (SSSR count). The second-order valence-corrected chi connectivity index (χ2v) is 6.35. The van der Waals surface area contributed by atoms with E-state index in [0.29, 0.717) is 0 Å². The zero-order valence-corrected chi connectivity index (χ0v) is 13.1. The molecule has 0 radical (unpaired) electrons. The Labute approximate surface area is 133 Å². The van der Waals surface area contributed by atoms with Gasteiger partial charge in [0.05, 0.1) is 21.4 Å². The summed E-state index contributed by atoms with van der Waals surface area (Å²) in [5.41, 5.74) is 5.58. The summed E-state index contributed by atoms with van der Waals surface area (Å²) in [6, 6.07) is 10.1. The van der Waals surface area contributed by atoms with Crippen molar-refractivity contribution in [2.75, 3.05) is 5.32 Å². The molecule has 0 unspecified atom stereocenters. The third-order valence-corrected chi connectivity index (χ3v) is 4.46. The highest BCUT2D eigenvalue weighted by molar-refractivity contribution is 9.10. The minimum Gasteiger partial charge on any atom is -0.352 e. The Morgan fingerprint density at radius 3 is 2.95 bits per heavy atom. The number of aromatic nitrogens is 3. The standard InChI is InChI=1S/C15H9BrN4S/c16-10-2-1-3-11(5-10)20-15-13-9(6-17-7-18-13)4-12-14(15)19-8-21-12/h1-8,20H. The lowest BCUT2D eigenvalue weighted by Crippen LogP contribution is -1.95. The van der Waals surface area contributed by atoms with Gasteiger partial charge in [0.15, 0.2) is 0 Å². The molecule has 0 saturated heterocycles. The van der Waals surface area contributed by atoms with E-state index in [-0.39, 0.29) is 0 Å². The number of nitrogens with one attached hydrogen (secondary N) is 1. The van der Waals surface area contributed by atoms with Crippen molar-refractivity contribution in [3.63, 3.8) is 0 Å². The van der Waals surface area contributed by atoms with Gasteiger partial charge in [-0.05, 0) is 24.3 Å². The van der Waals surface area contributed by atoms with E-state index < -0.39 is 0 Å². The molecule has 0 saturated carbocycles. The molecule has 0 aliphatic carbocycles. The third kappa shape index (κ3) is 2.26. The number of hydrogen-bond donors (Lipinski definition) is 1. The van der Waals surface area contributed by atoms with E-state index in [9.17, 15) is 0 Å². The van der Waals surface area contributed by atoms with Crippen molar-refractivity contribution in [3.05, 3.63) is 52.8 Å². The predicted octanol–water partition coefficient (Wildman–Crippen LogP) is 4.75. The zero-order chi connectivity index (χ0) is 14.2. The summed E-state index contributed by atoms with van der Waals surface area (Å²) >= 11 is 5.10. The van der Waals surface area contributed by atoms with Crippen LogP contribution in [0.2, 0.25) is 0 Å². The van der Waals surface area contributed by atoms with Gasteiger partial charge in [-0.1, -0.05) is 22.0 Å². The number of rotatable bonds is 2. The number of anilines is 2. The molecule has 0 aliphatic rings. The summed E-state index contributed by atoms with van der Waals surface area (Å²) in [4.78, 5) is 13.0. The van der Waals surface area contributed by atoms with Crippen molar-refractivity contribution in [2.45, 2.75) is 0 Å². The normalized spacial score (nSPS) is 11.1. The van der Waals surface area contributed by atoms with Crippen molar-refractivity contribution in [3.8, 4) is 0 Å². The monoisotopic (exact) mass is 356 g/mol. The van der Waals surface area contributed by atoms with E-state index in [0.717, 1.165) is 37.0 Å². The summed E-state index contributed by atoms with van der Waals surface area (Å²) in [6.07, 6.45) is 3.39. The van der Waals surface area contributed by atoms with Crippen LogP contribution in [0.25, 0.3) is 21.1 Å². The second-order valence-electron chi connectivity index (χ2n) is 4.55. The van der Waals surface area contributed by atoms with Gasteiger partial charge >= 0.3 is 0 Å². The summed E-state index contributed by atoms with van der Waals surface area (Å²) < 4.78 is 2.15. The molecule has 102 valence electrons. The van der Waals surface area contributed by atoms with Crippen LogP contribution in [0.1, 0.15) is 0 Å². The molecule has 0 aliphatic heterocycles. The maximum atomic E-state index is 4.47. The molecule has 0 bridgehead atoms.